The third-order valence-electron chi connectivity index (χ3n) is 2.78. The maximum atomic E-state index is 5.08. The average Bonchev–Trinajstić information content (AvgIpc) is 2.70. The molecule has 0 aromatic carbocycles. The van der Waals surface area contributed by atoms with E-state index in [0.29, 0.717) is 0 Å². The molecule has 102 valence electrons. The summed E-state index contributed by atoms with van der Waals surface area (Å²) >= 11 is 0. The summed E-state index contributed by atoms with van der Waals surface area (Å²) in [5.74, 6) is 0.848. The molecule has 5 nitrogen and oxygen atoms in total. The van der Waals surface area contributed by atoms with Crippen molar-refractivity contribution >= 4 is 11.6 Å². The van der Waals surface area contributed by atoms with E-state index in [1.807, 2.05) is 26.2 Å². The second kappa shape index (κ2) is 6.33. The topological polar surface area (TPSA) is 52.0 Å². The molecule has 2 rings (SSSR count). The molecule has 0 spiro atoms. The van der Waals surface area contributed by atoms with Crippen LogP contribution in [0.1, 0.15) is 17.7 Å². The predicted octanol–water partition coefficient (Wildman–Crippen LogP) is 2.68. The van der Waals surface area contributed by atoms with Crippen LogP contribution in [-0.4, -0.2) is 28.3 Å². The van der Waals surface area contributed by atoms with Crippen LogP contribution in [0.25, 0.3) is 0 Å². The first-order valence-electron chi connectivity index (χ1n) is 6.40. The van der Waals surface area contributed by atoms with Crippen LogP contribution in [-0.2, 0) is 11.3 Å². The molecule has 2 aromatic heterocycles. The Morgan fingerprint density at radius 2 is 2.16 bits per heavy atom. The molecule has 0 unspecified atom stereocenters. The molecular formula is C14H20N4O. The molecule has 0 saturated heterocycles. The highest BCUT2D eigenvalue weighted by molar-refractivity contribution is 5.53. The quantitative estimate of drug-likeness (QED) is 0.811. The van der Waals surface area contributed by atoms with Crippen molar-refractivity contribution in [2.75, 3.05) is 19.0 Å². The van der Waals surface area contributed by atoms with Crippen molar-refractivity contribution in [3.63, 3.8) is 0 Å². The number of hydrogen-bond acceptors (Lipinski definition) is 4. The largest absolute Gasteiger partial charge is 0.385 e. The molecule has 0 fully saturated rings. The van der Waals surface area contributed by atoms with Gasteiger partial charge in [-0.25, -0.2) is 4.98 Å². The molecule has 1 N–H and O–H groups in total. The van der Waals surface area contributed by atoms with E-state index in [1.165, 1.54) is 0 Å². The molecule has 0 aliphatic rings. The minimum atomic E-state index is 0.753. The van der Waals surface area contributed by atoms with Crippen molar-refractivity contribution < 1.29 is 4.74 Å². The van der Waals surface area contributed by atoms with Gasteiger partial charge in [-0.05, 0) is 31.9 Å². The Morgan fingerprint density at radius 3 is 2.89 bits per heavy atom. The molecule has 0 bridgehead atoms. The van der Waals surface area contributed by atoms with Crippen LogP contribution in [0, 0.1) is 13.8 Å². The summed E-state index contributed by atoms with van der Waals surface area (Å²) in [6.07, 6.45) is 6.65. The molecule has 5 heteroatoms. The standard InChI is InChI=1S/C14H20N4O/c1-11-7-13(9-15-8-11)17-14-16-12(2)10-18(14)5-4-6-19-3/h7-10H,4-6H2,1-3H3,(H,16,17). The molecule has 0 amide bonds. The third kappa shape index (κ3) is 3.79. The molecule has 2 heterocycles. The van der Waals surface area contributed by atoms with Crippen molar-refractivity contribution in [3.05, 3.63) is 35.9 Å². The summed E-state index contributed by atoms with van der Waals surface area (Å²) in [7, 11) is 1.72. The second-order valence-corrected chi connectivity index (χ2v) is 4.62. The van der Waals surface area contributed by atoms with Crippen LogP contribution in [0.3, 0.4) is 0 Å². The van der Waals surface area contributed by atoms with Gasteiger partial charge >= 0.3 is 0 Å². The SMILES string of the molecule is COCCCn1cc(C)nc1Nc1cncc(C)c1. The van der Waals surface area contributed by atoms with Gasteiger partial charge in [-0.3, -0.25) is 4.98 Å². The lowest BCUT2D eigenvalue weighted by molar-refractivity contribution is 0.190. The van der Waals surface area contributed by atoms with Gasteiger partial charge in [0.2, 0.25) is 5.95 Å². The Bertz CT molecular complexity index is 536. The summed E-state index contributed by atoms with van der Waals surface area (Å²) in [6, 6.07) is 2.05. The third-order valence-corrected chi connectivity index (χ3v) is 2.78. The monoisotopic (exact) mass is 260 g/mol. The van der Waals surface area contributed by atoms with Crippen molar-refractivity contribution in [2.45, 2.75) is 26.8 Å². The van der Waals surface area contributed by atoms with Crippen molar-refractivity contribution in [1.29, 1.82) is 0 Å². The Morgan fingerprint density at radius 1 is 1.32 bits per heavy atom. The van der Waals surface area contributed by atoms with E-state index < -0.39 is 0 Å². The lowest BCUT2D eigenvalue weighted by atomic mass is 10.3. The summed E-state index contributed by atoms with van der Waals surface area (Å²) in [6.45, 7) is 5.65. The highest BCUT2D eigenvalue weighted by Crippen LogP contribution is 2.16. The zero-order valence-electron chi connectivity index (χ0n) is 11.7. The van der Waals surface area contributed by atoms with Crippen LogP contribution in [0.5, 0.6) is 0 Å². The first kappa shape index (κ1) is 13.5. The number of methoxy groups -OCH3 is 1. The van der Waals surface area contributed by atoms with E-state index in [0.717, 1.165) is 42.5 Å². The van der Waals surface area contributed by atoms with E-state index in [4.69, 9.17) is 4.74 Å². The van der Waals surface area contributed by atoms with Crippen molar-refractivity contribution in [1.82, 2.24) is 14.5 Å². The number of aryl methyl sites for hydroxylation is 3. The van der Waals surface area contributed by atoms with Crippen LogP contribution in [0.2, 0.25) is 0 Å². The number of nitrogens with zero attached hydrogens (tertiary/aromatic N) is 3. The summed E-state index contributed by atoms with van der Waals surface area (Å²) in [5.41, 5.74) is 3.08. The minimum absolute atomic E-state index is 0.753. The van der Waals surface area contributed by atoms with E-state index in [9.17, 15) is 0 Å². The predicted molar refractivity (Wildman–Crippen MR) is 75.7 cm³/mol. The number of aromatic nitrogens is 3. The van der Waals surface area contributed by atoms with Crippen molar-refractivity contribution in [3.8, 4) is 0 Å². The van der Waals surface area contributed by atoms with Crippen LogP contribution < -0.4 is 5.32 Å². The minimum Gasteiger partial charge on any atom is -0.385 e. The van der Waals surface area contributed by atoms with E-state index >= 15 is 0 Å². The second-order valence-electron chi connectivity index (χ2n) is 4.62. The van der Waals surface area contributed by atoms with E-state index in [2.05, 4.69) is 25.9 Å². The molecule has 2 aromatic rings. The van der Waals surface area contributed by atoms with Gasteiger partial charge in [0.05, 0.1) is 17.6 Å². The van der Waals surface area contributed by atoms with Crippen LogP contribution in [0.4, 0.5) is 11.6 Å². The lowest BCUT2D eigenvalue weighted by Gasteiger charge is -2.09. The zero-order valence-corrected chi connectivity index (χ0v) is 11.7. The van der Waals surface area contributed by atoms with Gasteiger partial charge in [-0.1, -0.05) is 0 Å². The molecule has 0 saturated carbocycles. The van der Waals surface area contributed by atoms with Gasteiger partial charge in [0.1, 0.15) is 0 Å². The highest BCUT2D eigenvalue weighted by Gasteiger charge is 2.06. The maximum Gasteiger partial charge on any atom is 0.207 e. The summed E-state index contributed by atoms with van der Waals surface area (Å²) < 4.78 is 7.19. The Labute approximate surface area is 113 Å². The number of rotatable bonds is 6. The number of nitrogens with one attached hydrogen (secondary N) is 1. The Hall–Kier alpha value is -1.88. The van der Waals surface area contributed by atoms with E-state index in [-0.39, 0.29) is 0 Å². The van der Waals surface area contributed by atoms with Crippen molar-refractivity contribution in [2.24, 2.45) is 0 Å². The molecule has 19 heavy (non-hydrogen) atoms. The Balaban J connectivity index is 2.10. The number of hydrogen-bond donors (Lipinski definition) is 1. The molecule has 0 aliphatic heterocycles. The number of imidazole rings is 1. The lowest BCUT2D eigenvalue weighted by Crippen LogP contribution is -2.05. The maximum absolute atomic E-state index is 5.08. The molecule has 0 atom stereocenters. The van der Waals surface area contributed by atoms with Gasteiger partial charge in [0.25, 0.3) is 0 Å². The average molecular weight is 260 g/mol. The van der Waals surface area contributed by atoms with Crippen LogP contribution in [0.15, 0.2) is 24.7 Å². The molecule has 0 radical (unpaired) electrons. The highest BCUT2D eigenvalue weighted by atomic mass is 16.5. The van der Waals surface area contributed by atoms with Gasteiger partial charge in [0, 0.05) is 32.7 Å². The smallest absolute Gasteiger partial charge is 0.207 e. The fraction of sp³-hybridized carbons (Fsp3) is 0.429. The number of ether oxygens (including phenoxy) is 1. The Kier molecular flexibility index (Phi) is 4.52. The fourth-order valence-corrected chi connectivity index (χ4v) is 1.95. The summed E-state index contributed by atoms with van der Waals surface area (Å²) in [5, 5.41) is 3.31. The van der Waals surface area contributed by atoms with Gasteiger partial charge in [-0.15, -0.1) is 0 Å². The fourth-order valence-electron chi connectivity index (χ4n) is 1.95. The normalized spacial score (nSPS) is 10.7. The number of anilines is 2. The van der Waals surface area contributed by atoms with Gasteiger partial charge < -0.3 is 14.6 Å². The molecule has 0 aliphatic carbocycles. The van der Waals surface area contributed by atoms with E-state index in [1.54, 1.807) is 13.3 Å². The first-order valence-corrected chi connectivity index (χ1v) is 6.40. The first-order chi connectivity index (χ1) is 9.19. The molecular weight excluding hydrogens is 240 g/mol. The van der Waals surface area contributed by atoms with Gasteiger partial charge in [0.15, 0.2) is 0 Å². The van der Waals surface area contributed by atoms with Gasteiger partial charge in [-0.2, -0.15) is 0 Å². The number of pyridine rings is 1. The van der Waals surface area contributed by atoms with Crippen LogP contribution >= 0.6 is 0 Å². The zero-order chi connectivity index (χ0) is 13.7. The summed E-state index contributed by atoms with van der Waals surface area (Å²) in [4.78, 5) is 8.67.